The molecule has 0 aliphatic carbocycles. The summed E-state index contributed by atoms with van der Waals surface area (Å²) in [5.74, 6) is 0.0719. The SMILES string of the molecule is CCCC(=O)NC1CCN(S(=O)(=O)C(C)C)CC1. The van der Waals surface area contributed by atoms with Crippen molar-refractivity contribution in [3.63, 3.8) is 0 Å². The minimum Gasteiger partial charge on any atom is -0.353 e. The smallest absolute Gasteiger partial charge is 0.220 e. The van der Waals surface area contributed by atoms with Crippen molar-refractivity contribution in [3.05, 3.63) is 0 Å². The normalized spacial score (nSPS) is 19.1. The van der Waals surface area contributed by atoms with Crippen LogP contribution in [0.1, 0.15) is 46.5 Å². The predicted molar refractivity (Wildman–Crippen MR) is 71.7 cm³/mol. The van der Waals surface area contributed by atoms with E-state index >= 15 is 0 Å². The number of hydrogen-bond acceptors (Lipinski definition) is 3. The summed E-state index contributed by atoms with van der Waals surface area (Å²) >= 11 is 0. The van der Waals surface area contributed by atoms with Crippen molar-refractivity contribution in [2.24, 2.45) is 0 Å². The molecular formula is C12H24N2O3S. The summed E-state index contributed by atoms with van der Waals surface area (Å²) in [6.45, 7) is 6.39. The van der Waals surface area contributed by atoms with E-state index in [1.165, 1.54) is 0 Å². The molecule has 5 nitrogen and oxygen atoms in total. The summed E-state index contributed by atoms with van der Waals surface area (Å²) in [5, 5.41) is 2.59. The molecule has 1 rings (SSSR count). The van der Waals surface area contributed by atoms with E-state index in [2.05, 4.69) is 5.32 Å². The molecule has 0 radical (unpaired) electrons. The molecule has 1 amide bonds. The van der Waals surface area contributed by atoms with Crippen LogP contribution in [0.2, 0.25) is 0 Å². The van der Waals surface area contributed by atoms with Gasteiger partial charge in [-0.3, -0.25) is 4.79 Å². The van der Waals surface area contributed by atoms with Gasteiger partial charge in [0.25, 0.3) is 0 Å². The zero-order valence-electron chi connectivity index (χ0n) is 11.5. The van der Waals surface area contributed by atoms with Crippen molar-refractivity contribution < 1.29 is 13.2 Å². The molecule has 18 heavy (non-hydrogen) atoms. The van der Waals surface area contributed by atoms with Crippen LogP contribution in [0, 0.1) is 0 Å². The molecule has 1 fully saturated rings. The third kappa shape index (κ3) is 3.95. The number of hydrogen-bond donors (Lipinski definition) is 1. The number of nitrogens with zero attached hydrogens (tertiary/aromatic N) is 1. The Bertz CT molecular complexity index is 371. The fraction of sp³-hybridized carbons (Fsp3) is 0.917. The van der Waals surface area contributed by atoms with Crippen LogP contribution in [0.25, 0.3) is 0 Å². The summed E-state index contributed by atoms with van der Waals surface area (Å²) in [4.78, 5) is 11.5. The van der Waals surface area contributed by atoms with Crippen LogP contribution in [0.4, 0.5) is 0 Å². The lowest BCUT2D eigenvalue weighted by atomic mass is 10.1. The molecule has 6 heteroatoms. The van der Waals surface area contributed by atoms with Gasteiger partial charge < -0.3 is 5.32 Å². The zero-order chi connectivity index (χ0) is 13.8. The lowest BCUT2D eigenvalue weighted by Crippen LogP contribution is -2.48. The van der Waals surface area contributed by atoms with Gasteiger partial charge in [0.2, 0.25) is 15.9 Å². The largest absolute Gasteiger partial charge is 0.353 e. The van der Waals surface area contributed by atoms with Gasteiger partial charge in [-0.05, 0) is 33.1 Å². The van der Waals surface area contributed by atoms with E-state index in [-0.39, 0.29) is 17.2 Å². The molecule has 0 spiro atoms. The van der Waals surface area contributed by atoms with Gasteiger partial charge in [-0.2, -0.15) is 0 Å². The lowest BCUT2D eigenvalue weighted by molar-refractivity contribution is -0.122. The second kappa shape index (κ2) is 6.52. The van der Waals surface area contributed by atoms with Crippen LogP contribution in [0.15, 0.2) is 0 Å². The minimum atomic E-state index is -3.14. The van der Waals surface area contributed by atoms with E-state index in [0.29, 0.717) is 32.4 Å². The average molecular weight is 276 g/mol. The Morgan fingerprint density at radius 3 is 2.33 bits per heavy atom. The number of sulfonamides is 1. The summed E-state index contributed by atoms with van der Waals surface area (Å²) < 4.78 is 25.5. The highest BCUT2D eigenvalue weighted by atomic mass is 32.2. The van der Waals surface area contributed by atoms with E-state index < -0.39 is 10.0 Å². The van der Waals surface area contributed by atoms with Crippen molar-refractivity contribution in [1.82, 2.24) is 9.62 Å². The number of nitrogens with one attached hydrogen (secondary N) is 1. The molecule has 0 aromatic carbocycles. The maximum Gasteiger partial charge on any atom is 0.220 e. The fourth-order valence-corrected chi connectivity index (χ4v) is 3.40. The second-order valence-corrected chi connectivity index (χ2v) is 7.57. The first-order valence-electron chi connectivity index (χ1n) is 6.66. The molecule has 0 saturated carbocycles. The first-order valence-corrected chi connectivity index (χ1v) is 8.16. The molecule has 0 aromatic rings. The number of carbonyl (C=O) groups is 1. The van der Waals surface area contributed by atoms with Crippen molar-refractivity contribution in [3.8, 4) is 0 Å². The fourth-order valence-electron chi connectivity index (χ4n) is 2.08. The van der Waals surface area contributed by atoms with Gasteiger partial charge in [-0.1, -0.05) is 6.92 Å². The lowest BCUT2D eigenvalue weighted by Gasteiger charge is -2.32. The summed E-state index contributed by atoms with van der Waals surface area (Å²) in [7, 11) is -3.14. The van der Waals surface area contributed by atoms with Gasteiger partial charge >= 0.3 is 0 Å². The molecule has 0 bridgehead atoms. The number of carbonyl (C=O) groups excluding carboxylic acids is 1. The van der Waals surface area contributed by atoms with Crippen LogP contribution >= 0.6 is 0 Å². The molecule has 1 aliphatic heterocycles. The van der Waals surface area contributed by atoms with Crippen molar-refractivity contribution in [2.75, 3.05) is 13.1 Å². The monoisotopic (exact) mass is 276 g/mol. The quantitative estimate of drug-likeness (QED) is 0.818. The highest BCUT2D eigenvalue weighted by Crippen LogP contribution is 2.17. The molecule has 1 heterocycles. The van der Waals surface area contributed by atoms with Gasteiger partial charge in [0, 0.05) is 25.6 Å². The van der Waals surface area contributed by atoms with Crippen LogP contribution in [0.5, 0.6) is 0 Å². The summed E-state index contributed by atoms with van der Waals surface area (Å²) in [5.41, 5.74) is 0. The molecule has 0 unspecified atom stereocenters. The molecule has 0 atom stereocenters. The predicted octanol–water partition coefficient (Wildman–Crippen LogP) is 1.11. The van der Waals surface area contributed by atoms with Crippen molar-refractivity contribution >= 4 is 15.9 Å². The van der Waals surface area contributed by atoms with E-state index in [1.807, 2.05) is 6.92 Å². The number of piperidine rings is 1. The Morgan fingerprint density at radius 2 is 1.89 bits per heavy atom. The highest BCUT2D eigenvalue weighted by Gasteiger charge is 2.30. The number of rotatable bonds is 5. The third-order valence-corrected chi connectivity index (χ3v) is 5.53. The second-order valence-electron chi connectivity index (χ2n) is 5.08. The zero-order valence-corrected chi connectivity index (χ0v) is 12.3. The standard InChI is InChI=1S/C12H24N2O3S/c1-4-5-12(15)13-11-6-8-14(9-7-11)18(16,17)10(2)3/h10-11H,4-9H2,1-3H3,(H,13,15). The van der Waals surface area contributed by atoms with Crippen LogP contribution in [-0.4, -0.2) is 43.0 Å². The molecule has 0 aromatic heterocycles. The topological polar surface area (TPSA) is 66.5 Å². The summed E-state index contributed by atoms with van der Waals surface area (Å²) in [6, 6.07) is 0.127. The van der Waals surface area contributed by atoms with E-state index in [0.717, 1.165) is 6.42 Å². The average Bonchev–Trinajstić information content (AvgIpc) is 2.29. The van der Waals surface area contributed by atoms with Crippen molar-refractivity contribution in [1.29, 1.82) is 0 Å². The Kier molecular flexibility index (Phi) is 5.59. The van der Waals surface area contributed by atoms with E-state index in [1.54, 1.807) is 18.2 Å². The van der Waals surface area contributed by atoms with E-state index in [9.17, 15) is 13.2 Å². The Hall–Kier alpha value is -0.620. The van der Waals surface area contributed by atoms with E-state index in [4.69, 9.17) is 0 Å². The third-order valence-electron chi connectivity index (χ3n) is 3.25. The van der Waals surface area contributed by atoms with Crippen LogP contribution in [0.3, 0.4) is 0 Å². The van der Waals surface area contributed by atoms with Crippen LogP contribution in [-0.2, 0) is 14.8 Å². The molecule has 1 N–H and O–H groups in total. The first-order chi connectivity index (χ1) is 8.37. The Balaban J connectivity index is 2.44. The van der Waals surface area contributed by atoms with Gasteiger partial charge in [0.15, 0.2) is 0 Å². The Morgan fingerprint density at radius 1 is 1.33 bits per heavy atom. The molecule has 106 valence electrons. The van der Waals surface area contributed by atoms with Gasteiger partial charge in [0.05, 0.1) is 5.25 Å². The maximum atomic E-state index is 12.0. The molecule has 1 saturated heterocycles. The molecular weight excluding hydrogens is 252 g/mol. The minimum absolute atomic E-state index is 0.0719. The molecule has 1 aliphatic rings. The highest BCUT2D eigenvalue weighted by molar-refractivity contribution is 7.89. The first kappa shape index (κ1) is 15.4. The maximum absolute atomic E-state index is 12.0. The Labute approximate surface area is 110 Å². The van der Waals surface area contributed by atoms with Crippen LogP contribution < -0.4 is 5.32 Å². The van der Waals surface area contributed by atoms with Gasteiger partial charge in [0.1, 0.15) is 0 Å². The van der Waals surface area contributed by atoms with Gasteiger partial charge in [-0.15, -0.1) is 0 Å². The number of amides is 1. The van der Waals surface area contributed by atoms with Gasteiger partial charge in [-0.25, -0.2) is 12.7 Å². The summed E-state index contributed by atoms with van der Waals surface area (Å²) in [6.07, 6.45) is 2.81. The van der Waals surface area contributed by atoms with Crippen molar-refractivity contribution in [2.45, 2.75) is 57.7 Å².